The number of aromatic nitrogens is 1. The minimum atomic E-state index is -0.0546. The van der Waals surface area contributed by atoms with Gasteiger partial charge in [0.2, 0.25) is 5.91 Å². The van der Waals surface area contributed by atoms with E-state index in [2.05, 4.69) is 11.6 Å². The van der Waals surface area contributed by atoms with Crippen LogP contribution >= 0.6 is 22.9 Å². The summed E-state index contributed by atoms with van der Waals surface area (Å²) in [4.78, 5) is 19.8. The maximum atomic E-state index is 12.9. The fourth-order valence-electron chi connectivity index (χ4n) is 2.64. The molecule has 3 aromatic rings. The van der Waals surface area contributed by atoms with Crippen LogP contribution in [0.4, 0.5) is 0 Å². The van der Waals surface area contributed by atoms with Crippen molar-refractivity contribution in [1.82, 2.24) is 9.88 Å². The Hall–Kier alpha value is -2.89. The lowest BCUT2D eigenvalue weighted by molar-refractivity contribution is -0.127. The van der Waals surface area contributed by atoms with E-state index in [9.17, 15) is 4.79 Å². The van der Waals surface area contributed by atoms with Gasteiger partial charge in [0, 0.05) is 41.5 Å². The molecule has 6 heteroatoms. The molecule has 0 unspecified atom stereocenters. The first kappa shape index (κ1) is 20.8. The minimum absolute atomic E-state index is 0.0546. The first-order valence-corrected chi connectivity index (χ1v) is 10.3. The summed E-state index contributed by atoms with van der Waals surface area (Å²) in [6, 6.07) is 15.4. The number of pyridine rings is 1. The minimum Gasteiger partial charge on any atom is -0.488 e. The topological polar surface area (TPSA) is 42.4 Å². The monoisotopic (exact) mass is 424 g/mol. The Bertz CT molecular complexity index is 954. The number of hydrogen-bond acceptors (Lipinski definition) is 4. The number of carbonyl (C=O) groups excluding carboxylic acids is 1. The van der Waals surface area contributed by atoms with Gasteiger partial charge in [-0.2, -0.15) is 0 Å². The second-order valence-electron chi connectivity index (χ2n) is 6.35. The molecule has 29 heavy (non-hydrogen) atoms. The van der Waals surface area contributed by atoms with E-state index in [0.29, 0.717) is 23.9 Å². The zero-order chi connectivity index (χ0) is 20.5. The fourth-order valence-corrected chi connectivity index (χ4v) is 3.31. The number of thiophene rings is 1. The maximum absolute atomic E-state index is 12.9. The number of nitrogens with zero attached hydrogens (tertiary/aromatic N) is 2. The molecule has 2 heterocycles. The van der Waals surface area contributed by atoms with Gasteiger partial charge in [-0.1, -0.05) is 42.4 Å². The van der Waals surface area contributed by atoms with Gasteiger partial charge in [-0.15, -0.1) is 11.3 Å². The van der Waals surface area contributed by atoms with Crippen LogP contribution in [0.1, 0.15) is 16.0 Å². The number of hydrogen-bond donors (Lipinski definition) is 0. The van der Waals surface area contributed by atoms with Crippen molar-refractivity contribution in [3.05, 3.63) is 100.0 Å². The van der Waals surface area contributed by atoms with Gasteiger partial charge in [-0.3, -0.25) is 9.78 Å². The summed E-state index contributed by atoms with van der Waals surface area (Å²) in [6.07, 6.45) is 6.96. The molecule has 0 saturated carbocycles. The SMILES string of the molecule is C=C(Cl)COc1ccc(CN(Cc2cccnc2)C(=O)/C=C/c2cccs2)cc1. The highest BCUT2D eigenvalue weighted by Gasteiger charge is 2.13. The predicted octanol–water partition coefficient (Wildman–Crippen LogP) is 5.52. The molecule has 0 saturated heterocycles. The highest BCUT2D eigenvalue weighted by molar-refractivity contribution is 7.10. The van der Waals surface area contributed by atoms with Gasteiger partial charge in [-0.25, -0.2) is 0 Å². The number of benzene rings is 1. The molecular weight excluding hydrogens is 404 g/mol. The van der Waals surface area contributed by atoms with Gasteiger partial charge in [0.25, 0.3) is 0 Å². The molecule has 0 spiro atoms. The molecule has 0 bridgehead atoms. The van der Waals surface area contributed by atoms with Crippen LogP contribution < -0.4 is 4.74 Å². The zero-order valence-electron chi connectivity index (χ0n) is 15.8. The van der Waals surface area contributed by atoms with Gasteiger partial charge >= 0.3 is 0 Å². The van der Waals surface area contributed by atoms with Crippen molar-refractivity contribution >= 4 is 34.9 Å². The maximum Gasteiger partial charge on any atom is 0.247 e. The van der Waals surface area contributed by atoms with Crippen LogP contribution in [-0.2, 0) is 17.9 Å². The van der Waals surface area contributed by atoms with Gasteiger partial charge in [0.1, 0.15) is 12.4 Å². The van der Waals surface area contributed by atoms with Crippen molar-refractivity contribution in [2.45, 2.75) is 13.1 Å². The Morgan fingerprint density at radius 3 is 2.59 bits per heavy atom. The molecule has 0 N–H and O–H groups in total. The normalized spacial score (nSPS) is 10.8. The molecule has 3 rings (SSSR count). The zero-order valence-corrected chi connectivity index (χ0v) is 17.4. The molecule has 1 aromatic carbocycles. The third-order valence-electron chi connectivity index (χ3n) is 4.03. The largest absolute Gasteiger partial charge is 0.488 e. The summed E-state index contributed by atoms with van der Waals surface area (Å²) in [5, 5.41) is 2.43. The fraction of sp³-hybridized carbons (Fsp3) is 0.130. The predicted molar refractivity (Wildman–Crippen MR) is 119 cm³/mol. The number of halogens is 1. The molecule has 0 fully saturated rings. The van der Waals surface area contributed by atoms with Gasteiger partial charge < -0.3 is 9.64 Å². The summed E-state index contributed by atoms with van der Waals surface area (Å²) >= 11 is 7.33. The average Bonchev–Trinajstić information content (AvgIpc) is 3.25. The molecule has 0 aliphatic heterocycles. The van der Waals surface area contributed by atoms with Crippen molar-refractivity contribution in [3.63, 3.8) is 0 Å². The van der Waals surface area contributed by atoms with E-state index in [-0.39, 0.29) is 12.5 Å². The number of carbonyl (C=O) groups is 1. The molecule has 0 aliphatic carbocycles. The number of amides is 1. The summed E-state index contributed by atoms with van der Waals surface area (Å²) in [5.41, 5.74) is 1.98. The van der Waals surface area contributed by atoms with Crippen LogP contribution in [0.15, 0.2) is 84.0 Å². The highest BCUT2D eigenvalue weighted by atomic mass is 35.5. The Morgan fingerprint density at radius 1 is 1.14 bits per heavy atom. The summed E-state index contributed by atoms with van der Waals surface area (Å²) in [5.74, 6) is 0.652. The van der Waals surface area contributed by atoms with Crippen LogP contribution in [0.5, 0.6) is 5.75 Å². The molecule has 0 radical (unpaired) electrons. The van der Waals surface area contributed by atoms with E-state index in [1.807, 2.05) is 60.0 Å². The third kappa shape index (κ3) is 6.89. The van der Waals surface area contributed by atoms with Gasteiger partial charge in [0.15, 0.2) is 0 Å². The van der Waals surface area contributed by atoms with Crippen molar-refractivity contribution in [2.24, 2.45) is 0 Å². The highest BCUT2D eigenvalue weighted by Crippen LogP contribution is 2.17. The van der Waals surface area contributed by atoms with E-state index < -0.39 is 0 Å². The molecule has 4 nitrogen and oxygen atoms in total. The first-order valence-electron chi connectivity index (χ1n) is 9.04. The van der Waals surface area contributed by atoms with Crippen LogP contribution in [-0.4, -0.2) is 22.4 Å². The average molecular weight is 425 g/mol. The van der Waals surface area contributed by atoms with Crippen molar-refractivity contribution < 1.29 is 9.53 Å². The van der Waals surface area contributed by atoms with E-state index >= 15 is 0 Å². The Labute approximate surface area is 179 Å². The second-order valence-corrected chi connectivity index (χ2v) is 7.87. The van der Waals surface area contributed by atoms with E-state index in [0.717, 1.165) is 16.0 Å². The van der Waals surface area contributed by atoms with Crippen LogP contribution in [0, 0.1) is 0 Å². The van der Waals surface area contributed by atoms with Crippen molar-refractivity contribution in [3.8, 4) is 5.75 Å². The number of ether oxygens (including phenoxy) is 1. The van der Waals surface area contributed by atoms with E-state index in [1.54, 1.807) is 34.7 Å². The molecule has 148 valence electrons. The van der Waals surface area contributed by atoms with Crippen LogP contribution in [0.2, 0.25) is 0 Å². The van der Waals surface area contributed by atoms with Crippen LogP contribution in [0.3, 0.4) is 0 Å². The van der Waals surface area contributed by atoms with Crippen LogP contribution in [0.25, 0.3) is 6.08 Å². The number of rotatable bonds is 9. The van der Waals surface area contributed by atoms with Crippen molar-refractivity contribution in [2.75, 3.05) is 6.61 Å². The summed E-state index contributed by atoms with van der Waals surface area (Å²) in [6.45, 7) is 4.83. The molecule has 0 aliphatic rings. The molecule has 0 atom stereocenters. The lowest BCUT2D eigenvalue weighted by Gasteiger charge is -2.21. The third-order valence-corrected chi connectivity index (χ3v) is 4.98. The lowest BCUT2D eigenvalue weighted by atomic mass is 10.1. The molecule has 2 aromatic heterocycles. The Morgan fingerprint density at radius 2 is 1.93 bits per heavy atom. The lowest BCUT2D eigenvalue weighted by Crippen LogP contribution is -2.28. The molecule has 1 amide bonds. The Balaban J connectivity index is 1.72. The van der Waals surface area contributed by atoms with Crippen molar-refractivity contribution in [1.29, 1.82) is 0 Å². The van der Waals surface area contributed by atoms with E-state index in [4.69, 9.17) is 16.3 Å². The second kappa shape index (κ2) is 10.6. The van der Waals surface area contributed by atoms with Gasteiger partial charge in [-0.05, 0) is 46.8 Å². The Kier molecular flexibility index (Phi) is 7.61. The smallest absolute Gasteiger partial charge is 0.247 e. The van der Waals surface area contributed by atoms with E-state index in [1.165, 1.54) is 0 Å². The standard InChI is InChI=1S/C23H21ClN2O2S/c1-18(24)17-28-21-8-6-19(7-9-21)15-26(16-20-4-2-12-25-14-20)23(27)11-10-22-5-3-13-29-22/h2-14H,1,15-17H2/b11-10+. The molecular formula is C23H21ClN2O2S. The quantitative estimate of drug-likeness (QED) is 0.425. The summed E-state index contributed by atoms with van der Waals surface area (Å²) < 4.78 is 5.52. The summed E-state index contributed by atoms with van der Waals surface area (Å²) in [7, 11) is 0. The first-order chi connectivity index (χ1) is 14.1. The van der Waals surface area contributed by atoms with Gasteiger partial charge in [0.05, 0.1) is 0 Å².